The molecule has 2 heterocycles. The summed E-state index contributed by atoms with van der Waals surface area (Å²) in [4.78, 5) is 16.0. The Balaban J connectivity index is 1.86. The molecule has 7 heteroatoms. The minimum atomic E-state index is -0.528. The molecule has 1 aromatic rings. The minimum absolute atomic E-state index is 0.199. The van der Waals surface area contributed by atoms with Crippen molar-refractivity contribution in [1.29, 1.82) is 0 Å². The Hall–Kier alpha value is -2.72. The summed E-state index contributed by atoms with van der Waals surface area (Å²) in [5.41, 5.74) is 8.62. The summed E-state index contributed by atoms with van der Waals surface area (Å²) in [6.07, 6.45) is 6.64. The summed E-state index contributed by atoms with van der Waals surface area (Å²) in [5, 5.41) is 5.83. The van der Waals surface area contributed by atoms with Crippen LogP contribution in [0.1, 0.15) is 56.9 Å². The fraction of sp³-hybridized carbons (Fsp3) is 0.545. The molecule has 1 atom stereocenters. The Morgan fingerprint density at radius 1 is 1.45 bits per heavy atom. The van der Waals surface area contributed by atoms with Gasteiger partial charge in [-0.3, -0.25) is 4.98 Å². The van der Waals surface area contributed by atoms with Crippen molar-refractivity contribution >= 4 is 11.8 Å². The first-order valence-electron chi connectivity index (χ1n) is 9.98. The van der Waals surface area contributed by atoms with E-state index in [1.165, 1.54) is 6.42 Å². The van der Waals surface area contributed by atoms with Crippen molar-refractivity contribution in [2.75, 3.05) is 19.7 Å². The Morgan fingerprint density at radius 3 is 2.90 bits per heavy atom. The van der Waals surface area contributed by atoms with Gasteiger partial charge in [0.25, 0.3) is 0 Å². The van der Waals surface area contributed by atoms with E-state index in [2.05, 4.69) is 27.5 Å². The number of carbonyl (C=O) groups is 1. The minimum Gasteiger partial charge on any atom is -0.444 e. The predicted molar refractivity (Wildman–Crippen MR) is 114 cm³/mol. The molecule has 7 nitrogen and oxygen atoms in total. The first-order valence-corrected chi connectivity index (χ1v) is 9.98. The molecule has 1 unspecified atom stereocenters. The van der Waals surface area contributed by atoms with Crippen LogP contribution in [-0.4, -0.2) is 42.5 Å². The van der Waals surface area contributed by atoms with Gasteiger partial charge in [-0.05, 0) is 58.6 Å². The molecule has 0 radical (unpaired) electrons. The van der Waals surface area contributed by atoms with Crippen molar-refractivity contribution < 1.29 is 14.3 Å². The van der Waals surface area contributed by atoms with Gasteiger partial charge in [0.15, 0.2) is 0 Å². The lowest BCUT2D eigenvalue weighted by Gasteiger charge is -2.22. The van der Waals surface area contributed by atoms with Crippen LogP contribution in [0.15, 0.2) is 18.5 Å². The first kappa shape index (κ1) is 22.6. The van der Waals surface area contributed by atoms with Gasteiger partial charge < -0.3 is 25.8 Å². The van der Waals surface area contributed by atoms with Gasteiger partial charge in [0, 0.05) is 31.1 Å². The highest BCUT2D eigenvalue weighted by atomic mass is 16.6. The fourth-order valence-corrected chi connectivity index (χ4v) is 2.86. The van der Waals surface area contributed by atoms with Crippen LogP contribution in [0, 0.1) is 18.8 Å². The van der Waals surface area contributed by atoms with Crippen LogP contribution in [0.4, 0.5) is 4.79 Å². The second kappa shape index (κ2) is 10.7. The van der Waals surface area contributed by atoms with Crippen LogP contribution in [0.25, 0.3) is 5.70 Å². The standard InChI is InChI=1S/C22H32N4O3/c1-16-12-17(8-7-10-25-21(27)29-22(2,3)4)13-26-20(16)19(23)15-24-14-18-9-5-6-11-28-18/h12-13,15,18,24H,5-6,9-11,14,23H2,1-4H3,(H,25,27)/b19-15-. The largest absolute Gasteiger partial charge is 0.444 e. The van der Waals surface area contributed by atoms with Gasteiger partial charge in [-0.2, -0.15) is 0 Å². The van der Waals surface area contributed by atoms with E-state index >= 15 is 0 Å². The number of alkyl carbamates (subject to hydrolysis) is 1. The molecule has 0 bridgehead atoms. The lowest BCUT2D eigenvalue weighted by molar-refractivity contribution is 0.0188. The van der Waals surface area contributed by atoms with Crippen LogP contribution < -0.4 is 16.4 Å². The summed E-state index contributed by atoms with van der Waals surface area (Å²) in [6, 6.07) is 1.92. The maximum Gasteiger partial charge on any atom is 0.408 e. The second-order valence-electron chi connectivity index (χ2n) is 8.04. The second-order valence-corrected chi connectivity index (χ2v) is 8.04. The van der Waals surface area contributed by atoms with Crippen LogP contribution in [0.2, 0.25) is 0 Å². The predicted octanol–water partition coefficient (Wildman–Crippen LogP) is 2.68. The van der Waals surface area contributed by atoms with Crippen molar-refractivity contribution in [3.8, 4) is 11.8 Å². The molecule has 1 aliphatic rings. The summed E-state index contributed by atoms with van der Waals surface area (Å²) in [7, 11) is 0. The number of amides is 1. The Bertz CT molecular complexity index is 781. The molecule has 1 fully saturated rings. The molecule has 1 aliphatic heterocycles. The van der Waals surface area contributed by atoms with Crippen molar-refractivity contribution in [3.63, 3.8) is 0 Å². The highest BCUT2D eigenvalue weighted by Crippen LogP contribution is 2.14. The maximum atomic E-state index is 11.6. The zero-order chi connectivity index (χ0) is 21.3. The third-order valence-corrected chi connectivity index (χ3v) is 4.18. The topological polar surface area (TPSA) is 98.5 Å². The summed E-state index contributed by atoms with van der Waals surface area (Å²) < 4.78 is 10.9. The number of aryl methyl sites for hydroxylation is 1. The van der Waals surface area contributed by atoms with E-state index in [1.54, 1.807) is 12.4 Å². The van der Waals surface area contributed by atoms with Gasteiger partial charge in [0.1, 0.15) is 5.60 Å². The van der Waals surface area contributed by atoms with Crippen molar-refractivity contribution in [3.05, 3.63) is 35.3 Å². The Kier molecular flexibility index (Phi) is 8.34. The lowest BCUT2D eigenvalue weighted by Crippen LogP contribution is -2.32. The molecule has 29 heavy (non-hydrogen) atoms. The molecule has 1 saturated heterocycles. The molecule has 4 N–H and O–H groups in total. The number of nitrogens with one attached hydrogen (secondary N) is 2. The monoisotopic (exact) mass is 400 g/mol. The molecule has 2 rings (SSSR count). The smallest absolute Gasteiger partial charge is 0.408 e. The molecular weight excluding hydrogens is 368 g/mol. The molecular formula is C22H32N4O3. The van der Waals surface area contributed by atoms with Crippen LogP contribution in [0.3, 0.4) is 0 Å². The summed E-state index contributed by atoms with van der Waals surface area (Å²) in [6.45, 7) is 9.16. The number of carbonyl (C=O) groups excluding carboxylic acids is 1. The van der Waals surface area contributed by atoms with Crippen molar-refractivity contribution in [2.24, 2.45) is 5.73 Å². The zero-order valence-electron chi connectivity index (χ0n) is 17.8. The van der Waals surface area contributed by atoms with E-state index in [9.17, 15) is 4.79 Å². The molecule has 0 aliphatic carbocycles. The van der Waals surface area contributed by atoms with Crippen LogP contribution in [0.5, 0.6) is 0 Å². The summed E-state index contributed by atoms with van der Waals surface area (Å²) in [5.74, 6) is 5.87. The number of pyridine rings is 1. The normalized spacial score (nSPS) is 17.1. The molecule has 1 aromatic heterocycles. The van der Waals surface area contributed by atoms with Gasteiger partial charge >= 0.3 is 6.09 Å². The fourth-order valence-electron chi connectivity index (χ4n) is 2.86. The van der Waals surface area contributed by atoms with Gasteiger partial charge in [0.2, 0.25) is 0 Å². The van der Waals surface area contributed by atoms with Crippen LogP contribution in [-0.2, 0) is 9.47 Å². The Morgan fingerprint density at radius 2 is 2.24 bits per heavy atom. The Labute approximate surface area is 173 Å². The number of hydrogen-bond donors (Lipinski definition) is 3. The van der Waals surface area contributed by atoms with Gasteiger partial charge in [-0.25, -0.2) is 4.79 Å². The third-order valence-electron chi connectivity index (χ3n) is 4.18. The van der Waals surface area contributed by atoms with E-state index in [4.69, 9.17) is 15.2 Å². The van der Waals surface area contributed by atoms with E-state index in [-0.39, 0.29) is 12.6 Å². The quantitative estimate of drug-likeness (QED) is 0.658. The zero-order valence-corrected chi connectivity index (χ0v) is 17.8. The number of aromatic nitrogens is 1. The molecule has 158 valence electrons. The molecule has 1 amide bonds. The van der Waals surface area contributed by atoms with Crippen LogP contribution >= 0.6 is 0 Å². The van der Waals surface area contributed by atoms with Gasteiger partial charge in [0.05, 0.1) is 24.0 Å². The van der Waals surface area contributed by atoms with E-state index in [1.807, 2.05) is 33.8 Å². The van der Waals surface area contributed by atoms with Crippen molar-refractivity contribution in [2.45, 2.75) is 58.7 Å². The van der Waals surface area contributed by atoms with E-state index in [0.29, 0.717) is 5.70 Å². The highest BCUT2D eigenvalue weighted by Gasteiger charge is 2.15. The summed E-state index contributed by atoms with van der Waals surface area (Å²) >= 11 is 0. The van der Waals surface area contributed by atoms with Gasteiger partial charge in [-0.15, -0.1) is 0 Å². The first-order chi connectivity index (χ1) is 13.7. The molecule has 0 aromatic carbocycles. The molecule has 0 saturated carbocycles. The highest BCUT2D eigenvalue weighted by molar-refractivity contribution is 5.68. The average molecular weight is 401 g/mol. The third kappa shape index (κ3) is 8.44. The van der Waals surface area contributed by atoms with Gasteiger partial charge in [-0.1, -0.05) is 11.8 Å². The number of ether oxygens (including phenoxy) is 2. The number of rotatable bonds is 5. The number of nitrogens with two attached hydrogens (primary N) is 1. The number of nitrogens with zero attached hydrogens (tertiary/aromatic N) is 1. The molecule has 0 spiro atoms. The van der Waals surface area contributed by atoms with E-state index < -0.39 is 11.7 Å². The number of hydrogen-bond acceptors (Lipinski definition) is 6. The van der Waals surface area contributed by atoms with E-state index in [0.717, 1.165) is 42.8 Å². The SMILES string of the molecule is Cc1cc(C#CCNC(=O)OC(C)(C)C)cnc1/C(N)=C/NCC1CCCCO1. The maximum absolute atomic E-state index is 11.6. The lowest BCUT2D eigenvalue weighted by atomic mass is 10.1. The van der Waals surface area contributed by atoms with Crippen molar-refractivity contribution in [1.82, 2.24) is 15.6 Å². The average Bonchev–Trinajstić information content (AvgIpc) is 2.64.